The standard InChI is InChI=1S/C16H15FN2O/c17-13-5-1-3-11(9-13)16(20)19-15-6-2-4-12-10-18-8-7-14(12)15/h1-6,9,18H,7-8,10H2,(H,19,20). The summed E-state index contributed by atoms with van der Waals surface area (Å²) in [5, 5.41) is 6.18. The molecular formula is C16H15FN2O. The van der Waals surface area contributed by atoms with Gasteiger partial charge >= 0.3 is 0 Å². The van der Waals surface area contributed by atoms with Gasteiger partial charge in [-0.1, -0.05) is 18.2 Å². The SMILES string of the molecule is O=C(Nc1cccc2c1CCNC2)c1cccc(F)c1. The monoisotopic (exact) mass is 270 g/mol. The lowest BCUT2D eigenvalue weighted by Crippen LogP contribution is -2.25. The summed E-state index contributed by atoms with van der Waals surface area (Å²) in [6.07, 6.45) is 0.884. The second-order valence-corrected chi connectivity index (χ2v) is 4.83. The van der Waals surface area contributed by atoms with Crippen LogP contribution in [0.2, 0.25) is 0 Å². The highest BCUT2D eigenvalue weighted by atomic mass is 19.1. The average molecular weight is 270 g/mol. The van der Waals surface area contributed by atoms with Gasteiger partial charge < -0.3 is 10.6 Å². The molecule has 0 aromatic heterocycles. The first-order valence-corrected chi connectivity index (χ1v) is 6.62. The normalized spacial score (nSPS) is 13.7. The highest BCUT2D eigenvalue weighted by Gasteiger charge is 2.14. The summed E-state index contributed by atoms with van der Waals surface area (Å²) < 4.78 is 13.2. The summed E-state index contributed by atoms with van der Waals surface area (Å²) in [6.45, 7) is 1.72. The van der Waals surface area contributed by atoms with Crippen LogP contribution in [0.1, 0.15) is 21.5 Å². The molecule has 0 unspecified atom stereocenters. The van der Waals surface area contributed by atoms with Gasteiger partial charge in [0, 0.05) is 17.8 Å². The zero-order valence-electron chi connectivity index (χ0n) is 10.9. The van der Waals surface area contributed by atoms with E-state index in [1.807, 2.05) is 12.1 Å². The van der Waals surface area contributed by atoms with Gasteiger partial charge in [-0.05, 0) is 48.4 Å². The predicted molar refractivity (Wildman–Crippen MR) is 76.2 cm³/mol. The molecule has 4 heteroatoms. The number of hydrogen-bond acceptors (Lipinski definition) is 2. The molecular weight excluding hydrogens is 255 g/mol. The summed E-state index contributed by atoms with van der Waals surface area (Å²) in [5.41, 5.74) is 3.51. The lowest BCUT2D eigenvalue weighted by molar-refractivity contribution is 0.102. The Balaban J connectivity index is 1.86. The third-order valence-corrected chi connectivity index (χ3v) is 3.48. The van der Waals surface area contributed by atoms with Gasteiger partial charge in [0.15, 0.2) is 0 Å². The Morgan fingerprint density at radius 3 is 2.90 bits per heavy atom. The van der Waals surface area contributed by atoms with E-state index in [9.17, 15) is 9.18 Å². The molecule has 1 aliphatic rings. The summed E-state index contributed by atoms with van der Waals surface area (Å²) in [5.74, 6) is -0.687. The maximum absolute atomic E-state index is 13.2. The minimum Gasteiger partial charge on any atom is -0.322 e. The van der Waals surface area contributed by atoms with Gasteiger partial charge in [-0.2, -0.15) is 0 Å². The third kappa shape index (κ3) is 2.56. The molecule has 20 heavy (non-hydrogen) atoms. The molecule has 0 radical (unpaired) electrons. The van der Waals surface area contributed by atoms with Gasteiger partial charge in [0.05, 0.1) is 0 Å². The lowest BCUT2D eigenvalue weighted by atomic mass is 9.99. The van der Waals surface area contributed by atoms with Gasteiger partial charge in [-0.3, -0.25) is 4.79 Å². The molecule has 0 saturated heterocycles. The number of halogens is 1. The Kier molecular flexibility index (Phi) is 3.48. The predicted octanol–water partition coefficient (Wildman–Crippen LogP) is 2.72. The number of benzene rings is 2. The molecule has 0 atom stereocenters. The van der Waals surface area contributed by atoms with E-state index in [-0.39, 0.29) is 5.91 Å². The fourth-order valence-corrected chi connectivity index (χ4v) is 2.47. The Morgan fingerprint density at radius 2 is 2.05 bits per heavy atom. The minimum atomic E-state index is -0.406. The van der Waals surface area contributed by atoms with E-state index in [4.69, 9.17) is 0 Å². The third-order valence-electron chi connectivity index (χ3n) is 3.48. The van der Waals surface area contributed by atoms with Crippen molar-refractivity contribution in [1.82, 2.24) is 5.32 Å². The molecule has 0 spiro atoms. The fraction of sp³-hybridized carbons (Fsp3) is 0.188. The maximum Gasteiger partial charge on any atom is 0.255 e. The molecule has 3 rings (SSSR count). The molecule has 2 aromatic rings. The van der Waals surface area contributed by atoms with Crippen LogP contribution in [0, 0.1) is 5.82 Å². The van der Waals surface area contributed by atoms with Crippen molar-refractivity contribution in [2.75, 3.05) is 11.9 Å². The zero-order chi connectivity index (χ0) is 13.9. The van der Waals surface area contributed by atoms with Gasteiger partial charge in [0.25, 0.3) is 5.91 Å². The van der Waals surface area contributed by atoms with E-state index in [0.717, 1.165) is 30.8 Å². The van der Waals surface area contributed by atoms with Crippen molar-refractivity contribution in [3.8, 4) is 0 Å². The fourth-order valence-electron chi connectivity index (χ4n) is 2.47. The van der Waals surface area contributed by atoms with Crippen LogP contribution in [0.4, 0.5) is 10.1 Å². The minimum absolute atomic E-state index is 0.281. The van der Waals surface area contributed by atoms with Crippen LogP contribution in [0.3, 0.4) is 0 Å². The Labute approximate surface area is 116 Å². The molecule has 1 amide bonds. The van der Waals surface area contributed by atoms with Crippen molar-refractivity contribution in [3.05, 3.63) is 65.0 Å². The summed E-state index contributed by atoms with van der Waals surface area (Å²) >= 11 is 0. The van der Waals surface area contributed by atoms with Crippen LogP contribution < -0.4 is 10.6 Å². The highest BCUT2D eigenvalue weighted by Crippen LogP contribution is 2.23. The first kappa shape index (κ1) is 12.8. The van der Waals surface area contributed by atoms with Gasteiger partial charge in [0.1, 0.15) is 5.82 Å². The topological polar surface area (TPSA) is 41.1 Å². The van der Waals surface area contributed by atoms with E-state index < -0.39 is 5.82 Å². The molecule has 102 valence electrons. The second-order valence-electron chi connectivity index (χ2n) is 4.83. The van der Waals surface area contributed by atoms with Crippen molar-refractivity contribution in [2.24, 2.45) is 0 Å². The number of fused-ring (bicyclic) bond motifs is 1. The molecule has 1 aliphatic heterocycles. The molecule has 1 heterocycles. The maximum atomic E-state index is 13.2. The van der Waals surface area contributed by atoms with Crippen LogP contribution in [0.25, 0.3) is 0 Å². The number of hydrogen-bond donors (Lipinski definition) is 2. The first-order valence-electron chi connectivity index (χ1n) is 6.62. The van der Waals surface area contributed by atoms with Gasteiger partial charge in [-0.15, -0.1) is 0 Å². The lowest BCUT2D eigenvalue weighted by Gasteiger charge is -2.20. The van der Waals surface area contributed by atoms with Gasteiger partial charge in [0.2, 0.25) is 0 Å². The van der Waals surface area contributed by atoms with E-state index in [2.05, 4.69) is 16.7 Å². The van der Waals surface area contributed by atoms with Crippen molar-refractivity contribution in [2.45, 2.75) is 13.0 Å². The number of rotatable bonds is 2. The number of carbonyl (C=O) groups is 1. The molecule has 3 nitrogen and oxygen atoms in total. The molecule has 0 saturated carbocycles. The van der Waals surface area contributed by atoms with Gasteiger partial charge in [-0.25, -0.2) is 4.39 Å². The zero-order valence-corrected chi connectivity index (χ0v) is 10.9. The first-order chi connectivity index (χ1) is 9.74. The number of nitrogens with one attached hydrogen (secondary N) is 2. The number of anilines is 1. The van der Waals surface area contributed by atoms with E-state index >= 15 is 0 Å². The molecule has 0 fully saturated rings. The van der Waals surface area contributed by atoms with Crippen LogP contribution in [0.15, 0.2) is 42.5 Å². The van der Waals surface area contributed by atoms with E-state index in [0.29, 0.717) is 5.56 Å². The molecule has 2 N–H and O–H groups in total. The van der Waals surface area contributed by atoms with Crippen LogP contribution in [0.5, 0.6) is 0 Å². The van der Waals surface area contributed by atoms with Crippen LogP contribution in [-0.2, 0) is 13.0 Å². The average Bonchev–Trinajstić information content (AvgIpc) is 2.47. The summed E-state index contributed by atoms with van der Waals surface area (Å²) in [7, 11) is 0. The quantitative estimate of drug-likeness (QED) is 0.881. The highest BCUT2D eigenvalue weighted by molar-refractivity contribution is 6.04. The number of carbonyl (C=O) groups excluding carboxylic acids is 1. The van der Waals surface area contributed by atoms with Crippen molar-refractivity contribution >= 4 is 11.6 Å². The van der Waals surface area contributed by atoms with Crippen molar-refractivity contribution in [3.63, 3.8) is 0 Å². The van der Waals surface area contributed by atoms with Crippen molar-refractivity contribution < 1.29 is 9.18 Å². The molecule has 0 bridgehead atoms. The smallest absolute Gasteiger partial charge is 0.255 e. The Hall–Kier alpha value is -2.20. The van der Waals surface area contributed by atoms with Crippen LogP contribution in [-0.4, -0.2) is 12.5 Å². The Morgan fingerprint density at radius 1 is 1.20 bits per heavy atom. The van der Waals surface area contributed by atoms with E-state index in [1.54, 1.807) is 6.07 Å². The van der Waals surface area contributed by atoms with Crippen molar-refractivity contribution in [1.29, 1.82) is 0 Å². The van der Waals surface area contributed by atoms with Crippen LogP contribution >= 0.6 is 0 Å². The molecule has 2 aromatic carbocycles. The second kappa shape index (κ2) is 5.43. The molecule has 0 aliphatic carbocycles. The Bertz CT molecular complexity index is 655. The summed E-state index contributed by atoms with van der Waals surface area (Å²) in [6, 6.07) is 11.6. The number of amides is 1. The largest absolute Gasteiger partial charge is 0.322 e. The summed E-state index contributed by atoms with van der Waals surface area (Å²) in [4.78, 5) is 12.2. The van der Waals surface area contributed by atoms with E-state index in [1.165, 1.54) is 23.8 Å².